The van der Waals surface area contributed by atoms with Crippen LogP contribution in [0.5, 0.6) is 0 Å². The molecule has 2 N–H and O–H groups in total. The lowest BCUT2D eigenvalue weighted by atomic mass is 10.1. The van der Waals surface area contributed by atoms with Crippen LogP contribution in [0.15, 0.2) is 24.3 Å². The van der Waals surface area contributed by atoms with E-state index in [4.69, 9.17) is 11.6 Å². The first kappa shape index (κ1) is 13.6. The molecule has 1 fully saturated rings. The minimum Gasteiger partial charge on any atom is -0.387 e. The van der Waals surface area contributed by atoms with Crippen LogP contribution in [-0.2, 0) is 0 Å². The van der Waals surface area contributed by atoms with Crippen molar-refractivity contribution in [3.05, 3.63) is 34.9 Å². The Balaban J connectivity index is 1.93. The SMILES string of the molecule is OC(CNC1(C(F)(F)F)CC1)c1ccc(Cl)cc1. The summed E-state index contributed by atoms with van der Waals surface area (Å²) >= 11 is 5.69. The van der Waals surface area contributed by atoms with Crippen LogP contribution < -0.4 is 5.32 Å². The highest BCUT2D eigenvalue weighted by molar-refractivity contribution is 6.30. The van der Waals surface area contributed by atoms with Crippen molar-refractivity contribution in [2.75, 3.05) is 6.54 Å². The van der Waals surface area contributed by atoms with Crippen LogP contribution in [0.4, 0.5) is 13.2 Å². The molecule has 100 valence electrons. The fourth-order valence-electron chi connectivity index (χ4n) is 1.78. The molecule has 0 bridgehead atoms. The quantitative estimate of drug-likeness (QED) is 0.888. The Hall–Kier alpha value is -0.780. The van der Waals surface area contributed by atoms with Gasteiger partial charge in [0.1, 0.15) is 5.54 Å². The lowest BCUT2D eigenvalue weighted by Crippen LogP contribution is -2.46. The van der Waals surface area contributed by atoms with Gasteiger partial charge >= 0.3 is 6.18 Å². The zero-order chi connectivity index (χ0) is 13.4. The number of benzene rings is 1. The highest BCUT2D eigenvalue weighted by Gasteiger charge is 2.63. The van der Waals surface area contributed by atoms with E-state index in [1.54, 1.807) is 24.3 Å². The van der Waals surface area contributed by atoms with Gasteiger partial charge in [0.15, 0.2) is 0 Å². The Kier molecular flexibility index (Phi) is 3.58. The fraction of sp³-hybridized carbons (Fsp3) is 0.500. The van der Waals surface area contributed by atoms with Crippen molar-refractivity contribution in [3.63, 3.8) is 0 Å². The molecule has 1 aromatic rings. The summed E-state index contributed by atoms with van der Waals surface area (Å²) in [6.45, 7) is -0.124. The number of aliphatic hydroxyl groups is 1. The van der Waals surface area contributed by atoms with E-state index in [0.29, 0.717) is 10.6 Å². The number of hydrogen-bond acceptors (Lipinski definition) is 2. The molecular formula is C12H13ClF3NO. The zero-order valence-corrected chi connectivity index (χ0v) is 10.2. The molecule has 0 spiro atoms. The molecule has 6 heteroatoms. The molecule has 0 radical (unpaired) electrons. The third-order valence-corrected chi connectivity index (χ3v) is 3.43. The standard InChI is InChI=1S/C12H13ClF3NO/c13-9-3-1-8(2-4-9)10(18)7-17-11(5-6-11)12(14,15)16/h1-4,10,17-18H,5-7H2. The summed E-state index contributed by atoms with van der Waals surface area (Å²) in [5.74, 6) is 0. The van der Waals surface area contributed by atoms with E-state index in [1.807, 2.05) is 0 Å². The molecule has 0 aliphatic heterocycles. The van der Waals surface area contributed by atoms with Crippen molar-refractivity contribution < 1.29 is 18.3 Å². The van der Waals surface area contributed by atoms with E-state index < -0.39 is 17.8 Å². The molecule has 0 aromatic heterocycles. The van der Waals surface area contributed by atoms with Crippen LogP contribution in [0.3, 0.4) is 0 Å². The number of β-amino-alcohol motifs (C(OH)–C–C–N with tert-alkyl or cyclic N) is 1. The Morgan fingerprint density at radius 2 is 1.83 bits per heavy atom. The van der Waals surface area contributed by atoms with Gasteiger partial charge in [-0.2, -0.15) is 13.2 Å². The van der Waals surface area contributed by atoms with E-state index in [0.717, 1.165) is 0 Å². The number of aliphatic hydroxyl groups excluding tert-OH is 1. The first-order valence-corrected chi connectivity index (χ1v) is 5.97. The second-order valence-electron chi connectivity index (χ2n) is 4.53. The molecule has 2 rings (SSSR count). The minimum absolute atomic E-state index is 0.0733. The van der Waals surface area contributed by atoms with E-state index in [-0.39, 0.29) is 19.4 Å². The van der Waals surface area contributed by atoms with E-state index >= 15 is 0 Å². The number of alkyl halides is 3. The number of halogens is 4. The topological polar surface area (TPSA) is 32.3 Å². The number of rotatable bonds is 4. The van der Waals surface area contributed by atoms with Gasteiger partial charge in [0.05, 0.1) is 6.10 Å². The van der Waals surface area contributed by atoms with Crippen LogP contribution in [0.2, 0.25) is 5.02 Å². The van der Waals surface area contributed by atoms with Crippen molar-refractivity contribution in [2.24, 2.45) is 0 Å². The third kappa shape index (κ3) is 2.79. The molecule has 1 unspecified atom stereocenters. The van der Waals surface area contributed by atoms with Gasteiger partial charge < -0.3 is 10.4 Å². The van der Waals surface area contributed by atoms with Gasteiger partial charge in [0, 0.05) is 11.6 Å². The summed E-state index contributed by atoms with van der Waals surface area (Å²) in [7, 11) is 0. The van der Waals surface area contributed by atoms with Gasteiger partial charge in [0.2, 0.25) is 0 Å². The largest absolute Gasteiger partial charge is 0.406 e. The minimum atomic E-state index is -4.26. The molecule has 2 nitrogen and oxygen atoms in total. The molecule has 0 saturated heterocycles. The maximum atomic E-state index is 12.6. The molecule has 0 amide bonds. The second-order valence-corrected chi connectivity index (χ2v) is 4.96. The molecule has 1 aliphatic carbocycles. The number of hydrogen-bond donors (Lipinski definition) is 2. The first-order chi connectivity index (χ1) is 8.34. The van der Waals surface area contributed by atoms with E-state index in [2.05, 4.69) is 5.32 Å². The van der Waals surface area contributed by atoms with Gasteiger partial charge in [-0.15, -0.1) is 0 Å². The third-order valence-electron chi connectivity index (χ3n) is 3.18. The molecule has 1 aliphatic rings. The fourth-order valence-corrected chi connectivity index (χ4v) is 1.91. The van der Waals surface area contributed by atoms with Crippen molar-refractivity contribution in [2.45, 2.75) is 30.7 Å². The molecular weight excluding hydrogens is 267 g/mol. The molecule has 18 heavy (non-hydrogen) atoms. The predicted octanol–water partition coefficient (Wildman–Crippen LogP) is 3.06. The van der Waals surface area contributed by atoms with Crippen LogP contribution in [0, 0.1) is 0 Å². The van der Waals surface area contributed by atoms with Crippen LogP contribution in [-0.4, -0.2) is 23.4 Å². The second kappa shape index (κ2) is 4.72. The maximum Gasteiger partial charge on any atom is 0.406 e. The highest BCUT2D eigenvalue weighted by atomic mass is 35.5. The summed E-state index contributed by atoms with van der Waals surface area (Å²) in [4.78, 5) is 0. The lowest BCUT2D eigenvalue weighted by Gasteiger charge is -2.22. The van der Waals surface area contributed by atoms with E-state index in [9.17, 15) is 18.3 Å². The average molecular weight is 280 g/mol. The van der Waals surface area contributed by atoms with Crippen LogP contribution in [0.25, 0.3) is 0 Å². The Labute approximate surface area is 108 Å². The van der Waals surface area contributed by atoms with Gasteiger partial charge in [-0.3, -0.25) is 0 Å². The monoisotopic (exact) mass is 279 g/mol. The van der Waals surface area contributed by atoms with E-state index in [1.165, 1.54) is 0 Å². The van der Waals surface area contributed by atoms with Crippen LogP contribution in [0.1, 0.15) is 24.5 Å². The molecule has 0 heterocycles. The summed E-state index contributed by atoms with van der Waals surface area (Å²) in [6.07, 6.45) is -5.08. The Bertz CT molecular complexity index is 414. The molecule has 1 aromatic carbocycles. The Morgan fingerprint density at radius 3 is 2.28 bits per heavy atom. The normalized spacial score (nSPS) is 19.6. The predicted molar refractivity (Wildman–Crippen MR) is 62.4 cm³/mol. The Morgan fingerprint density at radius 1 is 1.28 bits per heavy atom. The maximum absolute atomic E-state index is 12.6. The van der Waals surface area contributed by atoms with Crippen molar-refractivity contribution in [3.8, 4) is 0 Å². The van der Waals surface area contributed by atoms with Gasteiger partial charge in [-0.25, -0.2) is 0 Å². The van der Waals surface area contributed by atoms with Crippen molar-refractivity contribution in [1.29, 1.82) is 0 Å². The number of nitrogens with one attached hydrogen (secondary N) is 1. The highest BCUT2D eigenvalue weighted by Crippen LogP contribution is 2.49. The summed E-state index contributed by atoms with van der Waals surface area (Å²) in [5, 5.41) is 12.7. The summed E-state index contributed by atoms with van der Waals surface area (Å²) in [5.41, 5.74) is -1.25. The lowest BCUT2D eigenvalue weighted by molar-refractivity contribution is -0.166. The summed E-state index contributed by atoms with van der Waals surface area (Å²) in [6, 6.07) is 6.39. The van der Waals surface area contributed by atoms with Gasteiger partial charge in [-0.1, -0.05) is 23.7 Å². The van der Waals surface area contributed by atoms with Crippen LogP contribution >= 0.6 is 11.6 Å². The van der Waals surface area contributed by atoms with Crippen molar-refractivity contribution in [1.82, 2.24) is 5.32 Å². The smallest absolute Gasteiger partial charge is 0.387 e. The van der Waals surface area contributed by atoms with Gasteiger partial charge in [-0.05, 0) is 30.5 Å². The van der Waals surface area contributed by atoms with Crippen molar-refractivity contribution >= 4 is 11.6 Å². The first-order valence-electron chi connectivity index (χ1n) is 5.59. The van der Waals surface area contributed by atoms with Gasteiger partial charge in [0.25, 0.3) is 0 Å². The molecule has 1 saturated carbocycles. The zero-order valence-electron chi connectivity index (χ0n) is 9.47. The summed E-state index contributed by atoms with van der Waals surface area (Å²) < 4.78 is 37.9. The average Bonchev–Trinajstić information content (AvgIpc) is 3.07. The molecule has 1 atom stereocenters.